The molecule has 1 N–H and O–H groups in total. The van der Waals surface area contributed by atoms with Gasteiger partial charge >= 0.3 is 0 Å². The molecule has 1 aromatic heterocycles. The maximum Gasteiger partial charge on any atom is 0.204 e. The fourth-order valence-corrected chi connectivity index (χ4v) is 2.92. The van der Waals surface area contributed by atoms with Crippen molar-refractivity contribution in [3.8, 4) is 11.3 Å². The van der Waals surface area contributed by atoms with Crippen molar-refractivity contribution in [2.24, 2.45) is 5.10 Å². The predicted octanol–water partition coefficient (Wildman–Crippen LogP) is 5.49. The summed E-state index contributed by atoms with van der Waals surface area (Å²) in [6.45, 7) is 6.39. The van der Waals surface area contributed by atoms with E-state index in [1.165, 1.54) is 24.1 Å². The van der Waals surface area contributed by atoms with Crippen LogP contribution >= 0.6 is 11.3 Å². The minimum Gasteiger partial charge on any atom is -0.253 e. The van der Waals surface area contributed by atoms with Gasteiger partial charge in [-0.1, -0.05) is 50.1 Å². The van der Waals surface area contributed by atoms with E-state index < -0.39 is 0 Å². The van der Waals surface area contributed by atoms with E-state index in [4.69, 9.17) is 0 Å². The van der Waals surface area contributed by atoms with E-state index in [0.717, 1.165) is 28.5 Å². The largest absolute Gasteiger partial charge is 0.253 e. The molecule has 0 atom stereocenters. The summed E-state index contributed by atoms with van der Waals surface area (Å²) < 4.78 is 0. The molecule has 0 unspecified atom stereocenters. The van der Waals surface area contributed by atoms with Crippen LogP contribution in [0, 0.1) is 6.92 Å². The molecule has 2 aromatic rings. The molecule has 0 radical (unpaired) electrons. The van der Waals surface area contributed by atoms with Crippen molar-refractivity contribution in [1.82, 2.24) is 4.98 Å². The highest BCUT2D eigenvalue weighted by molar-refractivity contribution is 7.15. The molecular formula is C17H23N3S. The van der Waals surface area contributed by atoms with E-state index in [0.29, 0.717) is 0 Å². The average Bonchev–Trinajstić information content (AvgIpc) is 2.87. The Kier molecular flexibility index (Phi) is 5.93. The second-order valence-corrected chi connectivity index (χ2v) is 6.41. The van der Waals surface area contributed by atoms with E-state index in [1.807, 2.05) is 18.2 Å². The molecule has 4 heteroatoms. The van der Waals surface area contributed by atoms with Gasteiger partial charge < -0.3 is 0 Å². The van der Waals surface area contributed by atoms with Crippen LogP contribution in [0.3, 0.4) is 0 Å². The second kappa shape index (κ2) is 7.93. The summed E-state index contributed by atoms with van der Waals surface area (Å²) in [5.41, 5.74) is 6.43. The number of unbranched alkanes of at least 4 members (excludes halogenated alkanes) is 2. The second-order valence-electron chi connectivity index (χ2n) is 5.21. The maximum atomic E-state index is 4.65. The fourth-order valence-electron chi connectivity index (χ4n) is 2.14. The average molecular weight is 301 g/mol. The van der Waals surface area contributed by atoms with Gasteiger partial charge in [0, 0.05) is 16.2 Å². The number of aryl methyl sites for hydroxylation is 1. The summed E-state index contributed by atoms with van der Waals surface area (Å²) in [4.78, 5) is 5.86. The zero-order valence-electron chi connectivity index (χ0n) is 13.0. The Bertz CT molecular complexity index is 587. The van der Waals surface area contributed by atoms with Crippen molar-refractivity contribution in [2.45, 2.75) is 46.5 Å². The minimum absolute atomic E-state index is 0.862. The molecule has 0 amide bonds. The van der Waals surface area contributed by atoms with Gasteiger partial charge in [0.2, 0.25) is 5.13 Å². The molecule has 0 aliphatic heterocycles. The Morgan fingerprint density at radius 1 is 1.24 bits per heavy atom. The van der Waals surface area contributed by atoms with E-state index >= 15 is 0 Å². The van der Waals surface area contributed by atoms with Gasteiger partial charge in [-0.15, -0.1) is 11.3 Å². The van der Waals surface area contributed by atoms with Crippen molar-refractivity contribution >= 4 is 22.2 Å². The van der Waals surface area contributed by atoms with Crippen LogP contribution in [0.25, 0.3) is 11.3 Å². The summed E-state index contributed by atoms with van der Waals surface area (Å²) in [7, 11) is 0. The van der Waals surface area contributed by atoms with Gasteiger partial charge in [0.25, 0.3) is 0 Å². The highest BCUT2D eigenvalue weighted by Crippen LogP contribution is 2.30. The number of hydrazone groups is 1. The third-order valence-corrected chi connectivity index (χ3v) is 4.20. The fraction of sp³-hybridized carbons (Fsp3) is 0.412. The molecule has 0 aliphatic rings. The zero-order valence-corrected chi connectivity index (χ0v) is 13.8. The Morgan fingerprint density at radius 2 is 2.00 bits per heavy atom. The van der Waals surface area contributed by atoms with Gasteiger partial charge in [-0.25, -0.2) is 4.98 Å². The molecule has 2 rings (SSSR count). The topological polar surface area (TPSA) is 37.3 Å². The molecule has 0 spiro atoms. The van der Waals surface area contributed by atoms with Crippen molar-refractivity contribution in [3.05, 3.63) is 35.2 Å². The molecule has 112 valence electrons. The van der Waals surface area contributed by atoms with E-state index in [9.17, 15) is 0 Å². The Morgan fingerprint density at radius 3 is 2.71 bits per heavy atom. The Hall–Kier alpha value is -1.68. The van der Waals surface area contributed by atoms with Crippen LogP contribution in [0.5, 0.6) is 0 Å². The predicted molar refractivity (Wildman–Crippen MR) is 93.2 cm³/mol. The van der Waals surface area contributed by atoms with Gasteiger partial charge in [-0.3, -0.25) is 5.43 Å². The Balaban J connectivity index is 2.01. The van der Waals surface area contributed by atoms with Gasteiger partial charge in [0.05, 0.1) is 5.69 Å². The lowest BCUT2D eigenvalue weighted by molar-refractivity contribution is 0.740. The number of nitrogens with one attached hydrogen (secondary N) is 1. The van der Waals surface area contributed by atoms with Crippen LogP contribution in [0.1, 0.15) is 44.4 Å². The molecule has 1 heterocycles. The van der Waals surface area contributed by atoms with E-state index in [1.54, 1.807) is 11.3 Å². The first-order valence-corrected chi connectivity index (χ1v) is 8.34. The number of nitrogens with zero attached hydrogens (tertiary/aromatic N) is 2. The van der Waals surface area contributed by atoms with Crippen LogP contribution < -0.4 is 5.43 Å². The van der Waals surface area contributed by atoms with E-state index in [2.05, 4.69) is 48.4 Å². The molecular weight excluding hydrogens is 278 g/mol. The van der Waals surface area contributed by atoms with Crippen LogP contribution in [-0.4, -0.2) is 10.7 Å². The number of thiazole rings is 1. The van der Waals surface area contributed by atoms with Gasteiger partial charge in [0.15, 0.2) is 0 Å². The molecule has 21 heavy (non-hydrogen) atoms. The SMILES string of the molecule is CCCCC/C(C)=N\Nc1nc(-c2ccccc2)c(C)s1. The smallest absolute Gasteiger partial charge is 0.204 e. The molecule has 3 nitrogen and oxygen atoms in total. The molecule has 0 bridgehead atoms. The van der Waals surface area contributed by atoms with Gasteiger partial charge in [-0.2, -0.15) is 5.10 Å². The first-order chi connectivity index (χ1) is 10.2. The van der Waals surface area contributed by atoms with Crippen molar-refractivity contribution in [3.63, 3.8) is 0 Å². The monoisotopic (exact) mass is 301 g/mol. The zero-order chi connectivity index (χ0) is 15.1. The maximum absolute atomic E-state index is 4.65. The molecule has 0 saturated heterocycles. The van der Waals surface area contributed by atoms with Crippen molar-refractivity contribution in [1.29, 1.82) is 0 Å². The number of anilines is 1. The van der Waals surface area contributed by atoms with Crippen LogP contribution in [0.15, 0.2) is 35.4 Å². The highest BCUT2D eigenvalue weighted by Gasteiger charge is 2.08. The lowest BCUT2D eigenvalue weighted by Gasteiger charge is -2.00. The third kappa shape index (κ3) is 4.67. The van der Waals surface area contributed by atoms with Crippen LogP contribution in [0.4, 0.5) is 5.13 Å². The lowest BCUT2D eigenvalue weighted by Crippen LogP contribution is -1.97. The summed E-state index contributed by atoms with van der Waals surface area (Å²) in [6, 6.07) is 10.3. The quantitative estimate of drug-likeness (QED) is 0.417. The molecule has 0 saturated carbocycles. The normalized spacial score (nSPS) is 11.7. The number of aromatic nitrogens is 1. The van der Waals surface area contributed by atoms with E-state index in [-0.39, 0.29) is 0 Å². The number of hydrogen-bond acceptors (Lipinski definition) is 4. The highest BCUT2D eigenvalue weighted by atomic mass is 32.1. The number of hydrogen-bond donors (Lipinski definition) is 1. The summed E-state index contributed by atoms with van der Waals surface area (Å²) in [6.07, 6.45) is 4.77. The Labute approximate surface area is 131 Å². The van der Waals surface area contributed by atoms with Crippen molar-refractivity contribution in [2.75, 3.05) is 5.43 Å². The third-order valence-electron chi connectivity index (χ3n) is 3.33. The molecule has 0 fully saturated rings. The minimum atomic E-state index is 0.862. The first kappa shape index (κ1) is 15.7. The lowest BCUT2D eigenvalue weighted by atomic mass is 10.1. The standard InChI is InChI=1S/C17H23N3S/c1-4-5-7-10-13(2)19-20-17-18-16(14(3)21-17)15-11-8-6-9-12-15/h6,8-9,11-12H,4-5,7,10H2,1-3H3,(H,18,20)/b19-13-. The summed E-state index contributed by atoms with van der Waals surface area (Å²) >= 11 is 1.65. The van der Waals surface area contributed by atoms with Crippen LogP contribution in [-0.2, 0) is 0 Å². The van der Waals surface area contributed by atoms with Gasteiger partial charge in [-0.05, 0) is 26.7 Å². The van der Waals surface area contributed by atoms with Crippen molar-refractivity contribution < 1.29 is 0 Å². The van der Waals surface area contributed by atoms with Gasteiger partial charge in [0.1, 0.15) is 0 Å². The first-order valence-electron chi connectivity index (χ1n) is 7.52. The molecule has 1 aromatic carbocycles. The summed E-state index contributed by atoms with van der Waals surface area (Å²) in [5, 5.41) is 5.29. The molecule has 0 aliphatic carbocycles. The summed E-state index contributed by atoms with van der Waals surface area (Å²) in [5.74, 6) is 0. The number of rotatable bonds is 7. The van der Waals surface area contributed by atoms with Crippen LogP contribution in [0.2, 0.25) is 0 Å². The number of benzene rings is 1.